The van der Waals surface area contributed by atoms with E-state index in [0.717, 1.165) is 16.5 Å². The van der Waals surface area contributed by atoms with Crippen LogP contribution < -0.4 is 5.32 Å². The largest absolute Gasteiger partial charge is 0.312 e. The first-order valence-electron chi connectivity index (χ1n) is 8.60. The van der Waals surface area contributed by atoms with Crippen molar-refractivity contribution in [3.8, 4) is 11.1 Å². The number of hydrogen-bond acceptors (Lipinski definition) is 3. The summed E-state index contributed by atoms with van der Waals surface area (Å²) in [5.74, 6) is 0.130. The predicted molar refractivity (Wildman–Crippen MR) is 106 cm³/mol. The monoisotopic (exact) mass is 429 g/mol. The molecule has 1 aliphatic rings. The van der Waals surface area contributed by atoms with Crippen LogP contribution in [0.3, 0.4) is 0 Å². The quantitative estimate of drug-likeness (QED) is 0.458. The third kappa shape index (κ3) is 3.32. The van der Waals surface area contributed by atoms with Crippen molar-refractivity contribution in [3.63, 3.8) is 0 Å². The first-order valence-corrected chi connectivity index (χ1v) is 9.39. The number of hydrogen-bond donors (Lipinski definition) is 2. The molecule has 1 fully saturated rings. The normalized spacial score (nSPS) is 12.7. The molecule has 8 heteroatoms. The Hall–Kier alpha value is -2.74. The highest BCUT2D eigenvalue weighted by atomic mass is 79.9. The van der Waals surface area contributed by atoms with Gasteiger partial charge in [0.1, 0.15) is 11.5 Å². The fourth-order valence-corrected chi connectivity index (χ4v) is 3.47. The van der Waals surface area contributed by atoms with Crippen molar-refractivity contribution in [2.24, 2.45) is 0 Å². The van der Waals surface area contributed by atoms with Crippen molar-refractivity contribution >= 4 is 44.7 Å². The van der Waals surface area contributed by atoms with E-state index >= 15 is 0 Å². The molecule has 1 aromatic carbocycles. The lowest BCUT2D eigenvalue weighted by Gasteiger charge is -2.11. The lowest BCUT2D eigenvalue weighted by Crippen LogP contribution is -1.94. The van der Waals surface area contributed by atoms with E-state index in [1.54, 1.807) is 23.7 Å². The molecular weight excluding hydrogens is 413 g/mol. The van der Waals surface area contributed by atoms with Gasteiger partial charge in [-0.2, -0.15) is 5.10 Å². The summed E-state index contributed by atoms with van der Waals surface area (Å²) in [5.41, 5.74) is 3.41. The molecular formula is C19H17BrFN5O. The number of aromatic amines is 1. The lowest BCUT2D eigenvalue weighted by molar-refractivity contribution is -0.105. The number of anilines is 1. The van der Waals surface area contributed by atoms with Crippen LogP contribution in [0.25, 0.3) is 27.7 Å². The van der Waals surface area contributed by atoms with Gasteiger partial charge in [-0.25, -0.2) is 9.37 Å². The first-order chi connectivity index (χ1) is 13.1. The number of imidazole rings is 1. The van der Waals surface area contributed by atoms with E-state index in [4.69, 9.17) is 0 Å². The molecule has 6 nitrogen and oxygen atoms in total. The summed E-state index contributed by atoms with van der Waals surface area (Å²) in [7, 11) is 0. The van der Waals surface area contributed by atoms with E-state index in [1.807, 2.05) is 18.3 Å². The molecule has 2 N–H and O–H groups in total. The van der Waals surface area contributed by atoms with Gasteiger partial charge < -0.3 is 9.72 Å². The zero-order valence-electron chi connectivity index (χ0n) is 14.6. The second kappa shape index (κ2) is 7.11. The molecule has 0 atom stereocenters. The van der Waals surface area contributed by atoms with Crippen LogP contribution in [0.5, 0.6) is 0 Å². The van der Waals surface area contributed by atoms with Gasteiger partial charge in [0, 0.05) is 17.1 Å². The maximum Gasteiger partial charge on any atom is 0.212 e. The zero-order valence-corrected chi connectivity index (χ0v) is 16.2. The van der Waals surface area contributed by atoms with Crippen LogP contribution in [0.1, 0.15) is 24.8 Å². The Morgan fingerprint density at radius 2 is 2.07 bits per heavy atom. The number of H-pyrrole nitrogens is 1. The van der Waals surface area contributed by atoms with E-state index in [-0.39, 0.29) is 5.82 Å². The Kier molecular flexibility index (Phi) is 4.65. The highest BCUT2D eigenvalue weighted by Crippen LogP contribution is 2.37. The van der Waals surface area contributed by atoms with Crippen LogP contribution >= 0.6 is 15.9 Å². The van der Waals surface area contributed by atoms with Crippen LogP contribution in [0, 0.1) is 12.7 Å². The number of rotatable bonds is 3. The third-order valence-electron chi connectivity index (χ3n) is 4.33. The fraction of sp³-hybridized carbons (Fsp3) is 0.211. The van der Waals surface area contributed by atoms with Crippen LogP contribution in [0.2, 0.25) is 0 Å². The van der Waals surface area contributed by atoms with Crippen molar-refractivity contribution in [2.75, 3.05) is 5.32 Å². The van der Waals surface area contributed by atoms with E-state index < -0.39 is 0 Å². The maximum atomic E-state index is 14.5. The van der Waals surface area contributed by atoms with Crippen molar-refractivity contribution in [1.82, 2.24) is 19.6 Å². The minimum Gasteiger partial charge on any atom is -0.312 e. The van der Waals surface area contributed by atoms with Gasteiger partial charge in [-0.15, -0.1) is 0 Å². The molecule has 0 unspecified atom stereocenters. The van der Waals surface area contributed by atoms with Gasteiger partial charge in [0.25, 0.3) is 0 Å². The minimum absolute atomic E-state index is 0.323. The van der Waals surface area contributed by atoms with Gasteiger partial charge in [0.15, 0.2) is 5.82 Å². The number of amides is 1. The van der Waals surface area contributed by atoms with E-state index in [9.17, 15) is 9.18 Å². The van der Waals surface area contributed by atoms with Crippen molar-refractivity contribution < 1.29 is 9.18 Å². The van der Waals surface area contributed by atoms with Gasteiger partial charge in [0.2, 0.25) is 6.41 Å². The van der Waals surface area contributed by atoms with Crippen LogP contribution in [0.4, 0.5) is 10.2 Å². The van der Waals surface area contributed by atoms with Crippen LogP contribution in [-0.2, 0) is 4.79 Å². The number of fused-ring (bicyclic) bond motifs is 2. The molecule has 0 radical (unpaired) electrons. The van der Waals surface area contributed by atoms with Crippen LogP contribution in [-0.4, -0.2) is 26.0 Å². The summed E-state index contributed by atoms with van der Waals surface area (Å²) < 4.78 is 16.7. The van der Waals surface area contributed by atoms with Gasteiger partial charge in [-0.1, -0.05) is 19.3 Å². The van der Waals surface area contributed by atoms with Crippen molar-refractivity contribution in [2.45, 2.75) is 26.2 Å². The molecule has 3 heterocycles. The van der Waals surface area contributed by atoms with Gasteiger partial charge in [-0.05, 0) is 46.1 Å². The number of aromatic nitrogens is 4. The SMILES string of the molecule is C1CC1.Cc1c(F)c(Br)c2[nH]ncc2c1-c1ccc2nc(NC=O)cn2c1. The summed E-state index contributed by atoms with van der Waals surface area (Å²) in [6, 6.07) is 3.69. The number of carbonyl (C=O) groups excluding carboxylic acids is 1. The summed E-state index contributed by atoms with van der Waals surface area (Å²) in [6.07, 6.45) is 10.3. The Bertz CT molecular complexity index is 1150. The van der Waals surface area contributed by atoms with Gasteiger partial charge >= 0.3 is 0 Å². The number of carbonyl (C=O) groups is 1. The number of nitrogens with one attached hydrogen (secondary N) is 2. The highest BCUT2D eigenvalue weighted by Gasteiger charge is 2.18. The molecule has 0 aliphatic heterocycles. The molecule has 1 saturated carbocycles. The highest BCUT2D eigenvalue weighted by molar-refractivity contribution is 9.10. The Morgan fingerprint density at radius 3 is 2.78 bits per heavy atom. The fourth-order valence-electron chi connectivity index (χ4n) is 2.87. The van der Waals surface area contributed by atoms with Crippen molar-refractivity contribution in [3.05, 3.63) is 46.6 Å². The molecule has 4 aromatic rings. The molecule has 1 aliphatic carbocycles. The summed E-state index contributed by atoms with van der Waals surface area (Å²) in [5, 5.41) is 10.2. The third-order valence-corrected chi connectivity index (χ3v) is 5.07. The number of halogens is 2. The lowest BCUT2D eigenvalue weighted by atomic mass is 9.98. The predicted octanol–water partition coefficient (Wildman–Crippen LogP) is 4.83. The van der Waals surface area contributed by atoms with Crippen molar-refractivity contribution in [1.29, 1.82) is 0 Å². The Morgan fingerprint density at radius 1 is 1.30 bits per heavy atom. The van der Waals surface area contributed by atoms with Gasteiger partial charge in [0.05, 0.1) is 22.4 Å². The Labute approximate surface area is 162 Å². The molecule has 0 saturated heterocycles. The molecule has 0 bridgehead atoms. The van der Waals surface area contributed by atoms with E-state index in [0.29, 0.717) is 33.4 Å². The molecule has 138 valence electrons. The molecule has 0 spiro atoms. The summed E-state index contributed by atoms with van der Waals surface area (Å²) in [6.45, 7) is 1.74. The van der Waals surface area contributed by atoms with Gasteiger partial charge in [-0.3, -0.25) is 9.89 Å². The molecule has 3 aromatic heterocycles. The average Bonchev–Trinajstić information content (AvgIpc) is 3.37. The minimum atomic E-state index is -0.323. The van der Waals surface area contributed by atoms with Crippen LogP contribution in [0.15, 0.2) is 35.2 Å². The first kappa shape index (κ1) is 17.7. The maximum absolute atomic E-state index is 14.5. The van der Waals surface area contributed by atoms with E-state index in [2.05, 4.69) is 36.4 Å². The standard InChI is InChI=1S/C16H11BrFN5O.C3H6/c1-8-13(10-4-20-22-16(10)14(17)15(8)18)9-2-3-12-21-11(19-7-24)6-23(12)5-9;1-2-3-1/h2-7H,1H3,(H,19,24)(H,20,22);1-3H2. The summed E-state index contributed by atoms with van der Waals surface area (Å²) >= 11 is 3.28. The smallest absolute Gasteiger partial charge is 0.212 e. The molecule has 5 rings (SSSR count). The number of pyridine rings is 1. The second-order valence-electron chi connectivity index (χ2n) is 6.42. The molecule has 1 amide bonds. The topological polar surface area (TPSA) is 75.1 Å². The number of benzene rings is 1. The zero-order chi connectivity index (χ0) is 19.0. The number of nitrogens with zero attached hydrogens (tertiary/aromatic N) is 3. The average molecular weight is 430 g/mol. The Balaban J connectivity index is 0.000000547. The molecule has 27 heavy (non-hydrogen) atoms. The second-order valence-corrected chi connectivity index (χ2v) is 7.21. The summed E-state index contributed by atoms with van der Waals surface area (Å²) in [4.78, 5) is 14.8. The van der Waals surface area contributed by atoms with E-state index in [1.165, 1.54) is 19.3 Å².